The second-order valence-electron chi connectivity index (χ2n) is 4.47. The summed E-state index contributed by atoms with van der Waals surface area (Å²) in [6.07, 6.45) is 0. The van der Waals surface area contributed by atoms with E-state index in [-0.39, 0.29) is 17.4 Å². The van der Waals surface area contributed by atoms with Crippen LogP contribution in [0.25, 0.3) is 11.4 Å². The van der Waals surface area contributed by atoms with Crippen LogP contribution in [0, 0.1) is 10.1 Å². The first-order valence-corrected chi connectivity index (χ1v) is 5.87. The lowest BCUT2D eigenvalue weighted by Gasteiger charge is -2.08. The zero-order chi connectivity index (χ0) is 14.0. The quantitative estimate of drug-likeness (QED) is 0.674. The van der Waals surface area contributed by atoms with Crippen molar-refractivity contribution in [1.29, 1.82) is 0 Å². The van der Waals surface area contributed by atoms with Crippen LogP contribution >= 0.6 is 0 Å². The molecule has 0 aliphatic rings. The summed E-state index contributed by atoms with van der Waals surface area (Å²) in [5, 5.41) is 11.0. The molecule has 0 fully saturated rings. The maximum absolute atomic E-state index is 11.0. The minimum atomic E-state index is -0.447. The molecule has 6 heteroatoms. The minimum Gasteiger partial charge on any atom is -0.384 e. The van der Waals surface area contributed by atoms with Crippen LogP contribution in [0.5, 0.6) is 0 Å². The van der Waals surface area contributed by atoms with Crippen molar-refractivity contribution < 1.29 is 4.92 Å². The van der Waals surface area contributed by atoms with Crippen LogP contribution in [0.15, 0.2) is 30.3 Å². The lowest BCUT2D eigenvalue weighted by molar-refractivity contribution is -0.384. The molecule has 1 aromatic heterocycles. The third-order valence-electron chi connectivity index (χ3n) is 2.70. The molecule has 0 saturated heterocycles. The molecule has 98 valence electrons. The molecule has 0 atom stereocenters. The Morgan fingerprint density at radius 1 is 1.26 bits per heavy atom. The van der Waals surface area contributed by atoms with Gasteiger partial charge in [-0.3, -0.25) is 10.1 Å². The van der Waals surface area contributed by atoms with Crippen LogP contribution in [0.3, 0.4) is 0 Å². The molecule has 2 rings (SSSR count). The Bertz CT molecular complexity index is 626. The lowest BCUT2D eigenvalue weighted by atomic mass is 10.1. The molecule has 1 heterocycles. The number of benzene rings is 1. The summed E-state index contributed by atoms with van der Waals surface area (Å²) in [4.78, 5) is 19.0. The van der Waals surface area contributed by atoms with Gasteiger partial charge in [0.25, 0.3) is 5.69 Å². The third-order valence-corrected chi connectivity index (χ3v) is 2.70. The second-order valence-corrected chi connectivity index (χ2v) is 4.47. The largest absolute Gasteiger partial charge is 0.384 e. The number of nitrogens with zero attached hydrogens (tertiary/aromatic N) is 3. The molecule has 0 aliphatic carbocycles. The van der Waals surface area contributed by atoms with Gasteiger partial charge >= 0.3 is 0 Å². The highest BCUT2D eigenvalue weighted by Crippen LogP contribution is 2.28. The van der Waals surface area contributed by atoms with Crippen LogP contribution in [-0.4, -0.2) is 14.9 Å². The van der Waals surface area contributed by atoms with Crippen LogP contribution in [0.4, 0.5) is 11.5 Å². The Hall–Kier alpha value is -2.50. The molecule has 0 spiro atoms. The van der Waals surface area contributed by atoms with Crippen molar-refractivity contribution in [2.24, 2.45) is 0 Å². The maximum atomic E-state index is 11.0. The second kappa shape index (κ2) is 5.01. The number of anilines is 1. The molecule has 2 N–H and O–H groups in total. The molecule has 0 saturated carbocycles. The highest BCUT2D eigenvalue weighted by Gasteiger charge is 2.17. The van der Waals surface area contributed by atoms with Gasteiger partial charge in [-0.2, -0.15) is 0 Å². The molecular formula is C13H14N4O2. The topological polar surface area (TPSA) is 94.9 Å². The van der Waals surface area contributed by atoms with Crippen molar-refractivity contribution in [2.75, 3.05) is 5.73 Å². The van der Waals surface area contributed by atoms with E-state index in [1.165, 1.54) is 6.07 Å². The molecule has 0 radical (unpaired) electrons. The number of para-hydroxylation sites is 1. The van der Waals surface area contributed by atoms with E-state index in [0.29, 0.717) is 11.4 Å². The number of aromatic nitrogens is 2. The number of rotatable bonds is 3. The minimum absolute atomic E-state index is 0.0252. The van der Waals surface area contributed by atoms with E-state index in [9.17, 15) is 10.1 Å². The first-order chi connectivity index (χ1) is 8.99. The zero-order valence-corrected chi connectivity index (χ0v) is 10.7. The number of nitro benzene ring substituents is 1. The molecule has 0 aliphatic heterocycles. The van der Waals surface area contributed by atoms with Gasteiger partial charge in [-0.1, -0.05) is 26.0 Å². The molecule has 2 aromatic rings. The average Bonchev–Trinajstić information content (AvgIpc) is 2.37. The van der Waals surface area contributed by atoms with Gasteiger partial charge in [0, 0.05) is 17.8 Å². The van der Waals surface area contributed by atoms with E-state index in [0.717, 1.165) is 5.69 Å². The van der Waals surface area contributed by atoms with Gasteiger partial charge in [0.15, 0.2) is 5.82 Å². The van der Waals surface area contributed by atoms with Gasteiger partial charge in [-0.25, -0.2) is 9.97 Å². The van der Waals surface area contributed by atoms with E-state index in [1.54, 1.807) is 24.3 Å². The highest BCUT2D eigenvalue weighted by atomic mass is 16.6. The molecule has 0 bridgehead atoms. The molecular weight excluding hydrogens is 244 g/mol. The van der Waals surface area contributed by atoms with E-state index >= 15 is 0 Å². The Labute approximate surface area is 110 Å². The summed E-state index contributed by atoms with van der Waals surface area (Å²) in [7, 11) is 0. The number of nitro groups is 1. The fourth-order valence-electron chi connectivity index (χ4n) is 1.72. The van der Waals surface area contributed by atoms with E-state index in [2.05, 4.69) is 9.97 Å². The summed E-state index contributed by atoms with van der Waals surface area (Å²) in [6, 6.07) is 8.05. The van der Waals surface area contributed by atoms with E-state index in [1.807, 2.05) is 13.8 Å². The zero-order valence-electron chi connectivity index (χ0n) is 10.7. The van der Waals surface area contributed by atoms with Crippen LogP contribution in [-0.2, 0) is 0 Å². The summed E-state index contributed by atoms with van der Waals surface area (Å²) in [5.41, 5.74) is 6.86. The summed E-state index contributed by atoms with van der Waals surface area (Å²) >= 11 is 0. The summed E-state index contributed by atoms with van der Waals surface area (Å²) in [6.45, 7) is 3.95. The number of nitrogens with two attached hydrogens (primary N) is 1. The van der Waals surface area contributed by atoms with E-state index in [4.69, 9.17) is 5.73 Å². The summed E-state index contributed by atoms with van der Waals surface area (Å²) < 4.78 is 0. The Morgan fingerprint density at radius 3 is 2.58 bits per heavy atom. The fourth-order valence-corrected chi connectivity index (χ4v) is 1.72. The predicted molar refractivity (Wildman–Crippen MR) is 72.6 cm³/mol. The molecule has 19 heavy (non-hydrogen) atoms. The first-order valence-electron chi connectivity index (χ1n) is 5.87. The van der Waals surface area contributed by atoms with Crippen molar-refractivity contribution in [3.8, 4) is 11.4 Å². The van der Waals surface area contributed by atoms with Gasteiger partial charge < -0.3 is 5.73 Å². The van der Waals surface area contributed by atoms with Crippen molar-refractivity contribution in [3.05, 3.63) is 46.1 Å². The molecule has 0 unspecified atom stereocenters. The van der Waals surface area contributed by atoms with Crippen molar-refractivity contribution >= 4 is 11.5 Å². The monoisotopic (exact) mass is 258 g/mol. The average molecular weight is 258 g/mol. The molecule has 6 nitrogen and oxygen atoms in total. The SMILES string of the molecule is CC(C)c1cc(N)nc(-c2ccccc2[N+](=O)[O-])n1. The lowest BCUT2D eigenvalue weighted by Crippen LogP contribution is -2.03. The first kappa shape index (κ1) is 12.9. The van der Waals surface area contributed by atoms with Crippen molar-refractivity contribution in [2.45, 2.75) is 19.8 Å². The number of hydrogen-bond acceptors (Lipinski definition) is 5. The predicted octanol–water partition coefficient (Wildman–Crippen LogP) is 2.76. The van der Waals surface area contributed by atoms with Crippen molar-refractivity contribution in [3.63, 3.8) is 0 Å². The summed E-state index contributed by atoms with van der Waals surface area (Å²) in [5.74, 6) is 0.773. The fraction of sp³-hybridized carbons (Fsp3) is 0.231. The number of hydrogen-bond donors (Lipinski definition) is 1. The Kier molecular flexibility index (Phi) is 3.41. The van der Waals surface area contributed by atoms with Gasteiger partial charge in [-0.15, -0.1) is 0 Å². The van der Waals surface area contributed by atoms with Gasteiger partial charge in [-0.05, 0) is 12.0 Å². The van der Waals surface area contributed by atoms with Crippen molar-refractivity contribution in [1.82, 2.24) is 9.97 Å². The molecule has 1 aromatic carbocycles. The Morgan fingerprint density at radius 2 is 1.95 bits per heavy atom. The van der Waals surface area contributed by atoms with E-state index < -0.39 is 4.92 Å². The highest BCUT2D eigenvalue weighted by molar-refractivity contribution is 5.68. The maximum Gasteiger partial charge on any atom is 0.280 e. The van der Waals surface area contributed by atoms with Gasteiger partial charge in [0.2, 0.25) is 0 Å². The smallest absolute Gasteiger partial charge is 0.280 e. The normalized spacial score (nSPS) is 10.7. The van der Waals surface area contributed by atoms with Crippen LogP contribution < -0.4 is 5.73 Å². The number of nitrogen functional groups attached to an aromatic ring is 1. The van der Waals surface area contributed by atoms with Gasteiger partial charge in [0.05, 0.1) is 10.5 Å². The molecule has 0 amide bonds. The van der Waals surface area contributed by atoms with Crippen LogP contribution in [0.1, 0.15) is 25.5 Å². The Balaban J connectivity index is 2.62. The van der Waals surface area contributed by atoms with Crippen LogP contribution in [0.2, 0.25) is 0 Å². The third kappa shape index (κ3) is 2.67. The van der Waals surface area contributed by atoms with Gasteiger partial charge in [0.1, 0.15) is 5.82 Å². The standard InChI is InChI=1S/C13H14N4O2/c1-8(2)10-7-12(14)16-13(15-10)9-5-3-4-6-11(9)17(18)19/h3-8H,1-2H3,(H2,14,15,16).